The summed E-state index contributed by atoms with van der Waals surface area (Å²) in [5, 5.41) is 8.47. The standard InChI is InChI=1S/C24H36N4O3/c1-17(2)28(23(29)31-24(4,5)6)15-19-8-7-13-27(14-19)16-21-25-26-22(30-21)20-11-9-18(3)10-12-20/h9-12,17,19H,7-8,13-16H2,1-6H3. The van der Waals surface area contributed by atoms with E-state index in [1.54, 1.807) is 0 Å². The molecule has 7 nitrogen and oxygen atoms in total. The van der Waals surface area contributed by atoms with Gasteiger partial charge in [0.05, 0.1) is 6.54 Å². The zero-order valence-electron chi connectivity index (χ0n) is 19.7. The Labute approximate surface area is 185 Å². The molecule has 2 heterocycles. The Bertz CT molecular complexity index is 854. The fraction of sp³-hybridized carbons (Fsp3) is 0.625. The first kappa shape index (κ1) is 23.3. The van der Waals surface area contributed by atoms with E-state index in [0.717, 1.165) is 31.5 Å². The number of benzene rings is 1. The summed E-state index contributed by atoms with van der Waals surface area (Å²) >= 11 is 0. The van der Waals surface area contributed by atoms with Crippen molar-refractivity contribution >= 4 is 6.09 Å². The van der Waals surface area contributed by atoms with Crippen LogP contribution in [-0.4, -0.2) is 57.4 Å². The van der Waals surface area contributed by atoms with Crippen molar-refractivity contribution in [1.82, 2.24) is 20.0 Å². The Balaban J connectivity index is 1.59. The summed E-state index contributed by atoms with van der Waals surface area (Å²) in [6.07, 6.45) is 1.95. The fourth-order valence-corrected chi connectivity index (χ4v) is 3.86. The number of carbonyl (C=O) groups excluding carboxylic acids is 1. The van der Waals surface area contributed by atoms with Crippen LogP contribution < -0.4 is 0 Å². The number of nitrogens with zero attached hydrogens (tertiary/aromatic N) is 4. The Morgan fingerprint density at radius 3 is 2.61 bits per heavy atom. The van der Waals surface area contributed by atoms with Crippen LogP contribution in [0.3, 0.4) is 0 Å². The third-order valence-corrected chi connectivity index (χ3v) is 5.43. The van der Waals surface area contributed by atoms with Gasteiger partial charge in [-0.25, -0.2) is 4.79 Å². The van der Waals surface area contributed by atoms with Crippen LogP contribution in [0.1, 0.15) is 58.9 Å². The van der Waals surface area contributed by atoms with Gasteiger partial charge in [0.15, 0.2) is 0 Å². The molecule has 7 heteroatoms. The average molecular weight is 429 g/mol. The molecule has 1 saturated heterocycles. The average Bonchev–Trinajstić information content (AvgIpc) is 3.13. The van der Waals surface area contributed by atoms with Gasteiger partial charge in [-0.1, -0.05) is 17.7 Å². The molecule has 0 spiro atoms. The Morgan fingerprint density at radius 1 is 1.26 bits per heavy atom. The van der Waals surface area contributed by atoms with Gasteiger partial charge in [0, 0.05) is 24.7 Å². The molecule has 1 aliphatic heterocycles. The van der Waals surface area contributed by atoms with Crippen molar-refractivity contribution in [2.75, 3.05) is 19.6 Å². The second kappa shape index (κ2) is 9.81. The topological polar surface area (TPSA) is 71.7 Å². The highest BCUT2D eigenvalue weighted by Gasteiger charge is 2.29. The number of carbonyl (C=O) groups is 1. The summed E-state index contributed by atoms with van der Waals surface area (Å²) in [7, 11) is 0. The monoisotopic (exact) mass is 428 g/mol. The van der Waals surface area contributed by atoms with Crippen LogP contribution >= 0.6 is 0 Å². The molecule has 170 valence electrons. The van der Waals surface area contributed by atoms with E-state index < -0.39 is 5.60 Å². The van der Waals surface area contributed by atoms with Crippen LogP contribution in [0.15, 0.2) is 28.7 Å². The number of piperidine rings is 1. The molecule has 1 aromatic heterocycles. The number of amides is 1. The van der Waals surface area contributed by atoms with E-state index in [2.05, 4.69) is 22.0 Å². The lowest BCUT2D eigenvalue weighted by Gasteiger charge is -2.37. The number of rotatable bonds is 6. The highest BCUT2D eigenvalue weighted by molar-refractivity contribution is 5.68. The largest absolute Gasteiger partial charge is 0.444 e. The molecule has 1 aromatic carbocycles. The second-order valence-electron chi connectivity index (χ2n) is 9.84. The molecular formula is C24H36N4O3. The Kier molecular flexibility index (Phi) is 7.36. The minimum Gasteiger partial charge on any atom is -0.444 e. The molecule has 1 fully saturated rings. The van der Waals surface area contributed by atoms with Crippen molar-refractivity contribution < 1.29 is 13.9 Å². The van der Waals surface area contributed by atoms with Crippen LogP contribution in [0.2, 0.25) is 0 Å². The van der Waals surface area contributed by atoms with Crippen molar-refractivity contribution in [3.05, 3.63) is 35.7 Å². The number of hydrogen-bond donors (Lipinski definition) is 0. The predicted octanol–water partition coefficient (Wildman–Crippen LogP) is 4.90. The number of aromatic nitrogens is 2. The summed E-state index contributed by atoms with van der Waals surface area (Å²) < 4.78 is 11.5. The maximum absolute atomic E-state index is 12.7. The molecule has 0 bridgehead atoms. The van der Waals surface area contributed by atoms with Gasteiger partial charge in [-0.3, -0.25) is 4.90 Å². The molecule has 3 rings (SSSR count). The maximum atomic E-state index is 12.7. The quantitative estimate of drug-likeness (QED) is 0.651. The van der Waals surface area contributed by atoms with E-state index in [1.807, 2.05) is 63.8 Å². The van der Waals surface area contributed by atoms with Gasteiger partial charge < -0.3 is 14.1 Å². The SMILES string of the molecule is Cc1ccc(-c2nnc(CN3CCCC(CN(C(=O)OC(C)(C)C)C(C)C)C3)o2)cc1. The van der Waals surface area contributed by atoms with Gasteiger partial charge >= 0.3 is 6.09 Å². The van der Waals surface area contributed by atoms with E-state index in [-0.39, 0.29) is 12.1 Å². The van der Waals surface area contributed by atoms with E-state index >= 15 is 0 Å². The van der Waals surface area contributed by atoms with Crippen LogP contribution in [0.5, 0.6) is 0 Å². The molecule has 1 unspecified atom stereocenters. The minimum absolute atomic E-state index is 0.0956. The zero-order valence-corrected chi connectivity index (χ0v) is 19.7. The molecule has 0 N–H and O–H groups in total. The summed E-state index contributed by atoms with van der Waals surface area (Å²) in [4.78, 5) is 16.9. The lowest BCUT2D eigenvalue weighted by atomic mass is 9.97. The second-order valence-corrected chi connectivity index (χ2v) is 9.84. The van der Waals surface area contributed by atoms with E-state index in [0.29, 0.717) is 30.8 Å². The van der Waals surface area contributed by atoms with Crippen LogP contribution in [0.25, 0.3) is 11.5 Å². The van der Waals surface area contributed by atoms with Crippen LogP contribution in [0, 0.1) is 12.8 Å². The van der Waals surface area contributed by atoms with E-state index in [9.17, 15) is 4.79 Å². The maximum Gasteiger partial charge on any atom is 0.410 e. The van der Waals surface area contributed by atoms with Crippen molar-refractivity contribution in [2.45, 2.75) is 72.6 Å². The van der Waals surface area contributed by atoms with Gasteiger partial charge in [0.2, 0.25) is 11.8 Å². The van der Waals surface area contributed by atoms with Crippen molar-refractivity contribution in [2.24, 2.45) is 5.92 Å². The summed E-state index contributed by atoms with van der Waals surface area (Å²) in [6, 6.07) is 8.18. The van der Waals surface area contributed by atoms with Crippen LogP contribution in [0.4, 0.5) is 4.79 Å². The lowest BCUT2D eigenvalue weighted by molar-refractivity contribution is 0.0115. The molecular weight excluding hydrogens is 392 g/mol. The van der Waals surface area contributed by atoms with E-state index in [1.165, 1.54) is 5.56 Å². The minimum atomic E-state index is -0.490. The molecule has 1 atom stereocenters. The van der Waals surface area contributed by atoms with Gasteiger partial charge in [-0.05, 0) is 79.0 Å². The molecule has 0 aliphatic carbocycles. The van der Waals surface area contributed by atoms with Gasteiger partial charge in [-0.15, -0.1) is 10.2 Å². The predicted molar refractivity (Wildman–Crippen MR) is 121 cm³/mol. The van der Waals surface area contributed by atoms with Gasteiger partial charge in [-0.2, -0.15) is 0 Å². The normalized spacial score (nSPS) is 17.7. The highest BCUT2D eigenvalue weighted by Crippen LogP contribution is 2.23. The molecule has 0 radical (unpaired) electrons. The first-order valence-electron chi connectivity index (χ1n) is 11.2. The Morgan fingerprint density at radius 2 is 1.97 bits per heavy atom. The third kappa shape index (κ3) is 6.79. The number of ether oxygens (including phenoxy) is 1. The van der Waals surface area contributed by atoms with E-state index in [4.69, 9.17) is 9.15 Å². The number of likely N-dealkylation sites (tertiary alicyclic amines) is 1. The van der Waals surface area contributed by atoms with Gasteiger partial charge in [0.1, 0.15) is 5.60 Å². The molecule has 1 aliphatic rings. The van der Waals surface area contributed by atoms with Crippen molar-refractivity contribution in [3.8, 4) is 11.5 Å². The molecule has 31 heavy (non-hydrogen) atoms. The summed E-state index contributed by atoms with van der Waals surface area (Å²) in [5.74, 6) is 1.58. The van der Waals surface area contributed by atoms with Crippen molar-refractivity contribution in [1.29, 1.82) is 0 Å². The number of aryl methyl sites for hydroxylation is 1. The lowest BCUT2D eigenvalue weighted by Crippen LogP contribution is -2.46. The molecule has 1 amide bonds. The fourth-order valence-electron chi connectivity index (χ4n) is 3.86. The first-order valence-corrected chi connectivity index (χ1v) is 11.2. The Hall–Kier alpha value is -2.41. The summed E-state index contributed by atoms with van der Waals surface area (Å²) in [5.41, 5.74) is 1.64. The third-order valence-electron chi connectivity index (χ3n) is 5.43. The van der Waals surface area contributed by atoms with Crippen LogP contribution in [-0.2, 0) is 11.3 Å². The zero-order chi connectivity index (χ0) is 22.6. The summed E-state index contributed by atoms with van der Waals surface area (Å²) in [6.45, 7) is 15.1. The number of hydrogen-bond acceptors (Lipinski definition) is 6. The smallest absolute Gasteiger partial charge is 0.410 e. The molecule has 2 aromatic rings. The highest BCUT2D eigenvalue weighted by atomic mass is 16.6. The first-order chi connectivity index (χ1) is 14.6. The van der Waals surface area contributed by atoms with Crippen molar-refractivity contribution in [3.63, 3.8) is 0 Å². The molecule has 0 saturated carbocycles. The van der Waals surface area contributed by atoms with Gasteiger partial charge in [0.25, 0.3) is 0 Å².